The van der Waals surface area contributed by atoms with Crippen molar-refractivity contribution in [1.82, 2.24) is 0 Å². The van der Waals surface area contributed by atoms with Crippen LogP contribution < -0.4 is 14.8 Å². The normalized spacial score (nSPS) is 12.7. The summed E-state index contributed by atoms with van der Waals surface area (Å²) >= 11 is 0. The van der Waals surface area contributed by atoms with E-state index in [-0.39, 0.29) is 12.7 Å². The number of nitrogens with one attached hydrogen (secondary N) is 1. The summed E-state index contributed by atoms with van der Waals surface area (Å²) in [7, 11) is 0. The third-order valence-electron chi connectivity index (χ3n) is 2.28. The molecule has 0 aromatic heterocycles. The third kappa shape index (κ3) is 2.42. The first kappa shape index (κ1) is 12.0. The SMILES string of the molecule is CC(=O)Nc1c(C=CC(=O)O)ccc2c1OCO2. The summed E-state index contributed by atoms with van der Waals surface area (Å²) in [6, 6.07) is 3.31. The number of carbonyl (C=O) groups is 2. The number of rotatable bonds is 3. The fourth-order valence-electron chi connectivity index (χ4n) is 1.59. The van der Waals surface area contributed by atoms with Crippen LogP contribution in [0.2, 0.25) is 0 Å². The van der Waals surface area contributed by atoms with Crippen LogP contribution in [0.5, 0.6) is 11.5 Å². The van der Waals surface area contributed by atoms with E-state index >= 15 is 0 Å². The third-order valence-corrected chi connectivity index (χ3v) is 2.28. The monoisotopic (exact) mass is 249 g/mol. The molecule has 6 heteroatoms. The molecule has 1 amide bonds. The topological polar surface area (TPSA) is 84.9 Å². The van der Waals surface area contributed by atoms with E-state index in [1.165, 1.54) is 13.0 Å². The Balaban J connectivity index is 2.45. The lowest BCUT2D eigenvalue weighted by atomic mass is 10.1. The van der Waals surface area contributed by atoms with Crippen molar-refractivity contribution < 1.29 is 24.2 Å². The number of amides is 1. The minimum Gasteiger partial charge on any atom is -0.478 e. The van der Waals surface area contributed by atoms with Crippen molar-refractivity contribution >= 4 is 23.6 Å². The molecule has 0 spiro atoms. The molecule has 1 aromatic rings. The van der Waals surface area contributed by atoms with Crippen molar-refractivity contribution in [2.45, 2.75) is 6.92 Å². The van der Waals surface area contributed by atoms with Crippen LogP contribution in [0, 0.1) is 0 Å². The fraction of sp³-hybridized carbons (Fsp3) is 0.167. The molecule has 0 atom stereocenters. The van der Waals surface area contributed by atoms with E-state index in [9.17, 15) is 9.59 Å². The fourth-order valence-corrected chi connectivity index (χ4v) is 1.59. The van der Waals surface area contributed by atoms with E-state index < -0.39 is 5.97 Å². The zero-order valence-corrected chi connectivity index (χ0v) is 9.60. The number of ether oxygens (including phenoxy) is 2. The molecular weight excluding hydrogens is 238 g/mol. The highest BCUT2D eigenvalue weighted by Gasteiger charge is 2.20. The highest BCUT2D eigenvalue weighted by molar-refractivity contribution is 5.96. The molecule has 1 aliphatic heterocycles. The Labute approximate surface area is 103 Å². The minimum absolute atomic E-state index is 0.0774. The van der Waals surface area contributed by atoms with Gasteiger partial charge in [0.05, 0.1) is 5.69 Å². The Morgan fingerprint density at radius 1 is 1.39 bits per heavy atom. The Morgan fingerprint density at radius 2 is 2.17 bits per heavy atom. The number of carboxylic acid groups (broad SMARTS) is 1. The first-order valence-corrected chi connectivity index (χ1v) is 5.19. The average Bonchev–Trinajstić information content (AvgIpc) is 2.75. The van der Waals surface area contributed by atoms with E-state index in [0.717, 1.165) is 6.08 Å². The van der Waals surface area contributed by atoms with Crippen LogP contribution in [0.25, 0.3) is 6.08 Å². The molecule has 6 nitrogen and oxygen atoms in total. The molecular formula is C12H11NO5. The maximum atomic E-state index is 11.2. The molecule has 1 aliphatic rings. The molecule has 0 bridgehead atoms. The van der Waals surface area contributed by atoms with Gasteiger partial charge in [0, 0.05) is 18.6 Å². The van der Waals surface area contributed by atoms with Crippen molar-refractivity contribution in [3.05, 3.63) is 23.8 Å². The maximum absolute atomic E-state index is 11.2. The van der Waals surface area contributed by atoms with E-state index in [4.69, 9.17) is 14.6 Å². The van der Waals surface area contributed by atoms with Crippen molar-refractivity contribution in [1.29, 1.82) is 0 Å². The lowest BCUT2D eigenvalue weighted by Crippen LogP contribution is -2.08. The number of aliphatic carboxylic acids is 1. The minimum atomic E-state index is -1.07. The molecule has 0 fully saturated rings. The number of benzene rings is 1. The molecule has 2 rings (SSSR count). The van der Waals surface area contributed by atoms with Crippen LogP contribution in [-0.4, -0.2) is 23.8 Å². The van der Waals surface area contributed by atoms with E-state index in [1.807, 2.05) is 0 Å². The van der Waals surface area contributed by atoms with Crippen molar-refractivity contribution in [2.24, 2.45) is 0 Å². The lowest BCUT2D eigenvalue weighted by Gasteiger charge is -2.09. The van der Waals surface area contributed by atoms with Gasteiger partial charge in [-0.3, -0.25) is 4.79 Å². The van der Waals surface area contributed by atoms with Crippen LogP contribution in [0.15, 0.2) is 18.2 Å². The molecule has 1 heterocycles. The quantitative estimate of drug-likeness (QED) is 0.792. The van der Waals surface area contributed by atoms with Crippen LogP contribution >= 0.6 is 0 Å². The van der Waals surface area contributed by atoms with Gasteiger partial charge in [0.1, 0.15) is 0 Å². The van der Waals surface area contributed by atoms with Gasteiger partial charge < -0.3 is 19.9 Å². The summed E-state index contributed by atoms with van der Waals surface area (Å²) in [5.74, 6) is -0.408. The summed E-state index contributed by atoms with van der Waals surface area (Å²) in [4.78, 5) is 21.7. The zero-order valence-electron chi connectivity index (χ0n) is 9.60. The van der Waals surface area contributed by atoms with Gasteiger partial charge in [-0.25, -0.2) is 4.79 Å². The molecule has 18 heavy (non-hydrogen) atoms. The predicted octanol–water partition coefficient (Wildman–Crippen LogP) is 1.47. The van der Waals surface area contributed by atoms with Gasteiger partial charge in [-0.15, -0.1) is 0 Å². The van der Waals surface area contributed by atoms with Gasteiger partial charge in [0.15, 0.2) is 11.5 Å². The molecule has 0 aliphatic carbocycles. The van der Waals surface area contributed by atoms with Gasteiger partial charge >= 0.3 is 5.97 Å². The smallest absolute Gasteiger partial charge is 0.328 e. The van der Waals surface area contributed by atoms with Gasteiger partial charge in [0.25, 0.3) is 0 Å². The molecule has 0 saturated heterocycles. The highest BCUT2D eigenvalue weighted by Crippen LogP contribution is 2.41. The molecule has 1 aromatic carbocycles. The number of carboxylic acids is 1. The molecule has 0 radical (unpaired) electrons. The van der Waals surface area contributed by atoms with Gasteiger partial charge in [-0.2, -0.15) is 0 Å². The van der Waals surface area contributed by atoms with E-state index in [1.54, 1.807) is 12.1 Å². The lowest BCUT2D eigenvalue weighted by molar-refractivity contribution is -0.131. The summed E-state index contributed by atoms with van der Waals surface area (Å²) in [6.45, 7) is 1.44. The van der Waals surface area contributed by atoms with Crippen LogP contribution in [-0.2, 0) is 9.59 Å². The highest BCUT2D eigenvalue weighted by atomic mass is 16.7. The number of carbonyl (C=O) groups excluding carboxylic acids is 1. The van der Waals surface area contributed by atoms with Crippen LogP contribution in [0.4, 0.5) is 5.69 Å². The van der Waals surface area contributed by atoms with Gasteiger partial charge in [-0.05, 0) is 18.2 Å². The maximum Gasteiger partial charge on any atom is 0.328 e. The van der Waals surface area contributed by atoms with E-state index in [0.29, 0.717) is 22.7 Å². The Morgan fingerprint density at radius 3 is 2.83 bits per heavy atom. The summed E-state index contributed by atoms with van der Waals surface area (Å²) in [5, 5.41) is 11.2. The van der Waals surface area contributed by atoms with Crippen LogP contribution in [0.3, 0.4) is 0 Å². The standard InChI is InChI=1S/C12H11NO5/c1-7(14)13-11-8(3-5-10(15)16)2-4-9-12(11)18-6-17-9/h2-5H,6H2,1H3,(H,13,14)(H,15,16). The molecule has 0 unspecified atom stereocenters. The zero-order chi connectivity index (χ0) is 13.1. The van der Waals surface area contributed by atoms with Crippen molar-refractivity contribution in [2.75, 3.05) is 12.1 Å². The van der Waals surface area contributed by atoms with Crippen molar-refractivity contribution in [3.63, 3.8) is 0 Å². The number of fused-ring (bicyclic) bond motifs is 1. The second kappa shape index (κ2) is 4.79. The summed E-state index contributed by atoms with van der Waals surface area (Å²) in [6.07, 6.45) is 2.37. The van der Waals surface area contributed by atoms with Gasteiger partial charge in [-0.1, -0.05) is 0 Å². The second-order valence-electron chi connectivity index (χ2n) is 3.62. The second-order valence-corrected chi connectivity index (χ2v) is 3.62. The van der Waals surface area contributed by atoms with E-state index in [2.05, 4.69) is 5.32 Å². The first-order chi connectivity index (χ1) is 8.58. The largest absolute Gasteiger partial charge is 0.478 e. The molecule has 2 N–H and O–H groups in total. The Kier molecular flexibility index (Phi) is 3.18. The average molecular weight is 249 g/mol. The first-order valence-electron chi connectivity index (χ1n) is 5.19. The van der Waals surface area contributed by atoms with Crippen molar-refractivity contribution in [3.8, 4) is 11.5 Å². The Bertz CT molecular complexity index is 536. The molecule has 94 valence electrons. The van der Waals surface area contributed by atoms with Crippen LogP contribution in [0.1, 0.15) is 12.5 Å². The Hall–Kier alpha value is -2.50. The predicted molar refractivity (Wildman–Crippen MR) is 63.5 cm³/mol. The number of anilines is 1. The van der Waals surface area contributed by atoms with Gasteiger partial charge in [0.2, 0.25) is 12.7 Å². The summed E-state index contributed by atoms with van der Waals surface area (Å²) < 4.78 is 10.4. The molecule has 0 saturated carbocycles. The number of hydrogen-bond acceptors (Lipinski definition) is 4. The summed E-state index contributed by atoms with van der Waals surface area (Å²) in [5.41, 5.74) is 0.951. The number of hydrogen-bond donors (Lipinski definition) is 2.